The normalized spacial score (nSPS) is 28.8. The molecule has 1 aliphatic heterocycles. The van der Waals surface area contributed by atoms with Crippen LogP contribution in [0.3, 0.4) is 0 Å². The van der Waals surface area contributed by atoms with Gasteiger partial charge in [-0.05, 0) is 32.2 Å². The molecule has 0 aromatic heterocycles. The summed E-state index contributed by atoms with van der Waals surface area (Å²) in [6.07, 6.45) is 11.6. The monoisotopic (exact) mass is 238 g/mol. The number of rotatable bonds is 4. The Bertz CT molecular complexity index is 209. The van der Waals surface area contributed by atoms with Crippen molar-refractivity contribution >= 4 is 0 Å². The van der Waals surface area contributed by atoms with E-state index in [1.54, 1.807) is 0 Å². The van der Waals surface area contributed by atoms with Gasteiger partial charge >= 0.3 is 0 Å². The summed E-state index contributed by atoms with van der Waals surface area (Å²) in [6, 6.07) is 2.35. The summed E-state index contributed by atoms with van der Waals surface area (Å²) in [5.41, 5.74) is 0. The summed E-state index contributed by atoms with van der Waals surface area (Å²) in [6.45, 7) is 7.07. The fourth-order valence-corrected chi connectivity index (χ4v) is 3.51. The highest BCUT2D eigenvalue weighted by atomic mass is 15.2. The lowest BCUT2D eigenvalue weighted by Crippen LogP contribution is -2.51. The van der Waals surface area contributed by atoms with Crippen molar-refractivity contribution in [3.05, 3.63) is 0 Å². The summed E-state index contributed by atoms with van der Waals surface area (Å²) in [5, 5.41) is 3.64. The molecule has 1 N–H and O–H groups in total. The Morgan fingerprint density at radius 3 is 2.41 bits per heavy atom. The van der Waals surface area contributed by atoms with Crippen LogP contribution in [-0.2, 0) is 0 Å². The van der Waals surface area contributed by atoms with Crippen molar-refractivity contribution in [2.75, 3.05) is 13.1 Å². The molecule has 0 aromatic rings. The van der Waals surface area contributed by atoms with Gasteiger partial charge < -0.3 is 5.32 Å². The van der Waals surface area contributed by atoms with Crippen LogP contribution in [-0.4, -0.2) is 36.1 Å². The standard InChI is InChI=1S/C15H30N2/c1-13(2)16-12-15-10-6-7-11-17(15)14-8-4-3-5-9-14/h13-16H,3-12H2,1-2H3. The molecule has 2 fully saturated rings. The van der Waals surface area contributed by atoms with E-state index in [9.17, 15) is 0 Å². The van der Waals surface area contributed by atoms with Gasteiger partial charge in [0.05, 0.1) is 0 Å². The van der Waals surface area contributed by atoms with Gasteiger partial charge in [0.2, 0.25) is 0 Å². The summed E-state index contributed by atoms with van der Waals surface area (Å²) < 4.78 is 0. The Labute approximate surface area is 107 Å². The summed E-state index contributed by atoms with van der Waals surface area (Å²) in [7, 11) is 0. The van der Waals surface area contributed by atoms with E-state index in [4.69, 9.17) is 0 Å². The zero-order valence-electron chi connectivity index (χ0n) is 11.8. The van der Waals surface area contributed by atoms with Gasteiger partial charge in [0, 0.05) is 24.7 Å². The minimum Gasteiger partial charge on any atom is -0.313 e. The maximum atomic E-state index is 3.64. The van der Waals surface area contributed by atoms with Crippen molar-refractivity contribution in [1.82, 2.24) is 10.2 Å². The molecular formula is C15H30N2. The van der Waals surface area contributed by atoms with Crippen LogP contribution in [0, 0.1) is 0 Å². The van der Waals surface area contributed by atoms with Gasteiger partial charge in [0.15, 0.2) is 0 Å². The lowest BCUT2D eigenvalue weighted by atomic mass is 9.90. The van der Waals surface area contributed by atoms with Crippen LogP contribution in [0.4, 0.5) is 0 Å². The van der Waals surface area contributed by atoms with E-state index in [1.165, 1.54) is 64.5 Å². The summed E-state index contributed by atoms with van der Waals surface area (Å²) in [4.78, 5) is 2.85. The van der Waals surface area contributed by atoms with Crippen molar-refractivity contribution in [1.29, 1.82) is 0 Å². The van der Waals surface area contributed by atoms with Gasteiger partial charge in [-0.1, -0.05) is 39.5 Å². The van der Waals surface area contributed by atoms with E-state index in [-0.39, 0.29) is 0 Å². The minimum absolute atomic E-state index is 0.630. The van der Waals surface area contributed by atoms with E-state index >= 15 is 0 Å². The lowest BCUT2D eigenvalue weighted by Gasteiger charge is -2.43. The first-order valence-electron chi connectivity index (χ1n) is 7.76. The molecule has 100 valence electrons. The highest BCUT2D eigenvalue weighted by Crippen LogP contribution is 2.28. The molecule has 1 atom stereocenters. The Kier molecular flexibility index (Phi) is 5.30. The molecule has 1 heterocycles. The van der Waals surface area contributed by atoms with Gasteiger partial charge in [-0.3, -0.25) is 4.90 Å². The molecule has 2 heteroatoms. The van der Waals surface area contributed by atoms with E-state index in [0.29, 0.717) is 6.04 Å². The third-order valence-electron chi connectivity index (χ3n) is 4.48. The average molecular weight is 238 g/mol. The van der Waals surface area contributed by atoms with Crippen LogP contribution in [0.2, 0.25) is 0 Å². The Balaban J connectivity index is 1.86. The smallest absolute Gasteiger partial charge is 0.0223 e. The third kappa shape index (κ3) is 3.96. The summed E-state index contributed by atoms with van der Waals surface area (Å²) >= 11 is 0. The molecule has 2 rings (SSSR count). The number of piperidine rings is 1. The van der Waals surface area contributed by atoms with E-state index in [1.807, 2.05) is 0 Å². The van der Waals surface area contributed by atoms with Gasteiger partial charge in [-0.2, -0.15) is 0 Å². The second-order valence-corrected chi connectivity index (χ2v) is 6.24. The second kappa shape index (κ2) is 6.75. The molecule has 0 spiro atoms. The minimum atomic E-state index is 0.630. The molecule has 1 saturated heterocycles. The molecule has 2 aliphatic rings. The highest BCUT2D eigenvalue weighted by molar-refractivity contribution is 4.86. The molecule has 0 radical (unpaired) electrons. The first-order chi connectivity index (χ1) is 8.27. The number of nitrogens with zero attached hydrogens (tertiary/aromatic N) is 1. The Morgan fingerprint density at radius 1 is 1.00 bits per heavy atom. The number of nitrogens with one attached hydrogen (secondary N) is 1. The Hall–Kier alpha value is -0.0800. The molecule has 0 amide bonds. The molecule has 0 bridgehead atoms. The first-order valence-corrected chi connectivity index (χ1v) is 7.76. The fourth-order valence-electron chi connectivity index (χ4n) is 3.51. The van der Waals surface area contributed by atoms with E-state index in [0.717, 1.165) is 12.1 Å². The van der Waals surface area contributed by atoms with Crippen LogP contribution in [0.5, 0.6) is 0 Å². The van der Waals surface area contributed by atoms with Crippen LogP contribution < -0.4 is 5.32 Å². The van der Waals surface area contributed by atoms with Crippen LogP contribution in [0.1, 0.15) is 65.2 Å². The topological polar surface area (TPSA) is 15.3 Å². The molecule has 1 aliphatic carbocycles. The van der Waals surface area contributed by atoms with Gasteiger partial charge in [-0.25, -0.2) is 0 Å². The zero-order valence-corrected chi connectivity index (χ0v) is 11.8. The zero-order chi connectivity index (χ0) is 12.1. The van der Waals surface area contributed by atoms with Gasteiger partial charge in [0.1, 0.15) is 0 Å². The predicted molar refractivity (Wildman–Crippen MR) is 74.4 cm³/mol. The predicted octanol–water partition coefficient (Wildman–Crippen LogP) is 3.17. The Morgan fingerprint density at radius 2 is 1.71 bits per heavy atom. The quantitative estimate of drug-likeness (QED) is 0.809. The number of hydrogen-bond acceptors (Lipinski definition) is 2. The molecule has 1 saturated carbocycles. The molecule has 17 heavy (non-hydrogen) atoms. The number of hydrogen-bond donors (Lipinski definition) is 1. The van der Waals surface area contributed by atoms with Crippen molar-refractivity contribution in [2.24, 2.45) is 0 Å². The van der Waals surface area contributed by atoms with Crippen LogP contribution >= 0.6 is 0 Å². The maximum Gasteiger partial charge on any atom is 0.0223 e. The van der Waals surface area contributed by atoms with Gasteiger partial charge in [-0.15, -0.1) is 0 Å². The number of likely N-dealkylation sites (tertiary alicyclic amines) is 1. The van der Waals surface area contributed by atoms with Crippen LogP contribution in [0.25, 0.3) is 0 Å². The largest absolute Gasteiger partial charge is 0.313 e. The first kappa shape index (κ1) is 13.4. The van der Waals surface area contributed by atoms with Gasteiger partial charge in [0.25, 0.3) is 0 Å². The lowest BCUT2D eigenvalue weighted by molar-refractivity contribution is 0.0711. The maximum absolute atomic E-state index is 3.64. The van der Waals surface area contributed by atoms with Crippen molar-refractivity contribution in [2.45, 2.75) is 83.3 Å². The summed E-state index contributed by atoms with van der Waals surface area (Å²) in [5.74, 6) is 0. The second-order valence-electron chi connectivity index (χ2n) is 6.24. The van der Waals surface area contributed by atoms with Crippen molar-refractivity contribution in [3.63, 3.8) is 0 Å². The average Bonchev–Trinajstić information content (AvgIpc) is 2.38. The fraction of sp³-hybridized carbons (Fsp3) is 1.00. The molecule has 2 nitrogen and oxygen atoms in total. The molecule has 1 unspecified atom stereocenters. The molecule has 0 aromatic carbocycles. The van der Waals surface area contributed by atoms with Crippen molar-refractivity contribution in [3.8, 4) is 0 Å². The third-order valence-corrected chi connectivity index (χ3v) is 4.48. The SMILES string of the molecule is CC(C)NCC1CCCCN1C1CCCCC1. The highest BCUT2D eigenvalue weighted by Gasteiger charge is 2.29. The molecular weight excluding hydrogens is 208 g/mol. The van der Waals surface area contributed by atoms with Crippen molar-refractivity contribution < 1.29 is 0 Å². The van der Waals surface area contributed by atoms with Crippen LogP contribution in [0.15, 0.2) is 0 Å². The van der Waals surface area contributed by atoms with E-state index in [2.05, 4.69) is 24.1 Å². The van der Waals surface area contributed by atoms with E-state index < -0.39 is 0 Å².